The highest BCUT2D eigenvalue weighted by Crippen LogP contribution is 2.27. The molecule has 0 aliphatic carbocycles. The van der Waals surface area contributed by atoms with E-state index in [1.54, 1.807) is 18.2 Å². The predicted octanol–water partition coefficient (Wildman–Crippen LogP) is 3.77. The largest absolute Gasteiger partial charge is 0.367 e. The first kappa shape index (κ1) is 17.4. The van der Waals surface area contributed by atoms with E-state index in [0.29, 0.717) is 10.8 Å². The molecule has 1 aliphatic rings. The van der Waals surface area contributed by atoms with Gasteiger partial charge in [0, 0.05) is 32.2 Å². The first-order valence-corrected chi connectivity index (χ1v) is 8.63. The van der Waals surface area contributed by atoms with Gasteiger partial charge in [0.2, 0.25) is 0 Å². The second-order valence-corrected chi connectivity index (χ2v) is 6.42. The number of nitrogens with one attached hydrogen (secondary N) is 1. The number of nitrogens with zero attached hydrogens (tertiary/aromatic N) is 3. The van der Waals surface area contributed by atoms with E-state index in [1.165, 1.54) is 6.07 Å². The average Bonchev–Trinajstić information content (AvgIpc) is 2.62. The van der Waals surface area contributed by atoms with Gasteiger partial charge in [-0.25, -0.2) is 0 Å². The lowest BCUT2D eigenvalue weighted by Gasteiger charge is -2.37. The number of thiocarbonyl (C=S) groups is 1. The Labute approximate surface area is 156 Å². The third-order valence-corrected chi connectivity index (χ3v) is 4.78. The number of halogens is 1. The summed E-state index contributed by atoms with van der Waals surface area (Å²) in [6, 6.07) is 14.3. The fourth-order valence-corrected chi connectivity index (χ4v) is 3.34. The van der Waals surface area contributed by atoms with E-state index in [1.807, 2.05) is 29.2 Å². The lowest BCUT2D eigenvalue weighted by Crippen LogP contribution is -2.50. The van der Waals surface area contributed by atoms with Crippen molar-refractivity contribution in [2.45, 2.75) is 0 Å². The minimum Gasteiger partial charge on any atom is -0.367 e. The molecular weight excluding hydrogens is 360 g/mol. The molecule has 0 spiro atoms. The summed E-state index contributed by atoms with van der Waals surface area (Å²) in [5.41, 5.74) is 1.44. The number of benzene rings is 2. The number of hydrogen-bond donors (Lipinski definition) is 1. The van der Waals surface area contributed by atoms with E-state index < -0.39 is 4.92 Å². The molecule has 1 N–H and O–H groups in total. The molecule has 0 atom stereocenters. The zero-order valence-corrected chi connectivity index (χ0v) is 15.0. The van der Waals surface area contributed by atoms with Gasteiger partial charge in [-0.05, 0) is 30.4 Å². The van der Waals surface area contributed by atoms with E-state index in [2.05, 4.69) is 10.2 Å². The number of anilines is 2. The van der Waals surface area contributed by atoms with Crippen LogP contribution in [-0.2, 0) is 0 Å². The molecule has 25 heavy (non-hydrogen) atoms. The van der Waals surface area contributed by atoms with Crippen LogP contribution in [0, 0.1) is 10.1 Å². The van der Waals surface area contributed by atoms with E-state index in [-0.39, 0.29) is 5.69 Å². The van der Waals surface area contributed by atoms with Gasteiger partial charge in [-0.1, -0.05) is 35.9 Å². The molecule has 0 saturated carbocycles. The summed E-state index contributed by atoms with van der Waals surface area (Å²) >= 11 is 11.7. The highest BCUT2D eigenvalue weighted by atomic mass is 35.5. The fourth-order valence-electron chi connectivity index (χ4n) is 2.79. The zero-order chi connectivity index (χ0) is 17.8. The van der Waals surface area contributed by atoms with Crippen LogP contribution < -0.4 is 10.2 Å². The van der Waals surface area contributed by atoms with Crippen molar-refractivity contribution in [3.05, 3.63) is 63.7 Å². The zero-order valence-electron chi connectivity index (χ0n) is 13.4. The summed E-state index contributed by atoms with van der Waals surface area (Å²) in [4.78, 5) is 14.9. The average molecular weight is 377 g/mol. The second-order valence-electron chi connectivity index (χ2n) is 5.63. The standard InChI is InChI=1S/C17H17ClN4O2S/c18-13-5-1-3-7-15(13)20-9-11-21(12-10-20)17(25)19-14-6-2-4-8-16(14)22(23)24/h1-8H,9-12H2,(H,19,25). The maximum atomic E-state index is 11.1. The fraction of sp³-hybridized carbons (Fsp3) is 0.235. The monoisotopic (exact) mass is 376 g/mol. The number of rotatable bonds is 3. The van der Waals surface area contributed by atoms with E-state index in [9.17, 15) is 10.1 Å². The Bertz CT molecular complexity index is 794. The minimum atomic E-state index is -0.416. The van der Waals surface area contributed by atoms with Crippen molar-refractivity contribution < 1.29 is 4.92 Å². The molecule has 0 unspecified atom stereocenters. The summed E-state index contributed by atoms with van der Waals surface area (Å²) < 4.78 is 0. The Kier molecular flexibility index (Phi) is 5.35. The van der Waals surface area contributed by atoms with Crippen LogP contribution in [0.2, 0.25) is 5.02 Å². The van der Waals surface area contributed by atoms with Crippen LogP contribution in [0.1, 0.15) is 0 Å². The smallest absolute Gasteiger partial charge is 0.292 e. The molecule has 6 nitrogen and oxygen atoms in total. The normalized spacial score (nSPS) is 14.3. The summed E-state index contributed by atoms with van der Waals surface area (Å²) in [6.45, 7) is 3.00. The van der Waals surface area contributed by atoms with Gasteiger partial charge in [0.15, 0.2) is 5.11 Å². The summed E-state index contributed by atoms with van der Waals surface area (Å²) in [7, 11) is 0. The van der Waals surface area contributed by atoms with Crippen molar-refractivity contribution in [2.24, 2.45) is 0 Å². The molecule has 0 radical (unpaired) electrons. The second kappa shape index (κ2) is 7.67. The molecule has 0 bridgehead atoms. The van der Waals surface area contributed by atoms with Gasteiger partial charge in [-0.2, -0.15) is 0 Å². The predicted molar refractivity (Wildman–Crippen MR) is 105 cm³/mol. The summed E-state index contributed by atoms with van der Waals surface area (Å²) in [5, 5.41) is 15.3. The molecule has 3 rings (SSSR count). The van der Waals surface area contributed by atoms with Crippen molar-refractivity contribution in [2.75, 3.05) is 36.4 Å². The van der Waals surface area contributed by atoms with Crippen LogP contribution in [0.4, 0.5) is 17.1 Å². The van der Waals surface area contributed by atoms with Crippen LogP contribution in [0.15, 0.2) is 48.5 Å². The Morgan fingerprint density at radius 2 is 1.72 bits per heavy atom. The van der Waals surface area contributed by atoms with Gasteiger partial charge in [0.1, 0.15) is 5.69 Å². The maximum Gasteiger partial charge on any atom is 0.292 e. The number of piperazine rings is 1. The molecule has 1 heterocycles. The van der Waals surface area contributed by atoms with E-state index in [0.717, 1.165) is 36.9 Å². The summed E-state index contributed by atoms with van der Waals surface area (Å²) in [5.74, 6) is 0. The molecule has 0 aromatic heterocycles. The van der Waals surface area contributed by atoms with Gasteiger partial charge in [-0.15, -0.1) is 0 Å². The van der Waals surface area contributed by atoms with Gasteiger partial charge in [0.25, 0.3) is 5.69 Å². The number of hydrogen-bond acceptors (Lipinski definition) is 4. The molecule has 1 fully saturated rings. The van der Waals surface area contributed by atoms with Crippen LogP contribution >= 0.6 is 23.8 Å². The van der Waals surface area contributed by atoms with Crippen LogP contribution in [0.25, 0.3) is 0 Å². The van der Waals surface area contributed by atoms with Gasteiger partial charge >= 0.3 is 0 Å². The van der Waals surface area contributed by atoms with Gasteiger partial charge < -0.3 is 15.1 Å². The lowest BCUT2D eigenvalue weighted by molar-refractivity contribution is -0.383. The third kappa shape index (κ3) is 4.00. The number of nitro groups is 1. The lowest BCUT2D eigenvalue weighted by atomic mass is 10.2. The van der Waals surface area contributed by atoms with E-state index in [4.69, 9.17) is 23.8 Å². The van der Waals surface area contributed by atoms with Crippen molar-refractivity contribution in [3.63, 3.8) is 0 Å². The molecule has 1 saturated heterocycles. The SMILES string of the molecule is O=[N+]([O-])c1ccccc1NC(=S)N1CCN(c2ccccc2Cl)CC1. The first-order chi connectivity index (χ1) is 12.1. The first-order valence-electron chi connectivity index (χ1n) is 7.85. The van der Waals surface area contributed by atoms with Crippen molar-refractivity contribution in [3.8, 4) is 0 Å². The Balaban J connectivity index is 1.63. The Morgan fingerprint density at radius 3 is 2.40 bits per heavy atom. The quantitative estimate of drug-likeness (QED) is 0.500. The van der Waals surface area contributed by atoms with Crippen molar-refractivity contribution >= 4 is 46.0 Å². The molecular formula is C17H17ClN4O2S. The molecule has 1 aliphatic heterocycles. The van der Waals surface area contributed by atoms with E-state index >= 15 is 0 Å². The highest BCUT2D eigenvalue weighted by molar-refractivity contribution is 7.80. The molecule has 130 valence electrons. The highest BCUT2D eigenvalue weighted by Gasteiger charge is 2.22. The topological polar surface area (TPSA) is 61.7 Å². The Morgan fingerprint density at radius 1 is 1.08 bits per heavy atom. The minimum absolute atomic E-state index is 0.0135. The summed E-state index contributed by atoms with van der Waals surface area (Å²) in [6.07, 6.45) is 0. The molecule has 2 aromatic rings. The van der Waals surface area contributed by atoms with Crippen LogP contribution in [-0.4, -0.2) is 41.1 Å². The number of para-hydroxylation sites is 3. The van der Waals surface area contributed by atoms with Gasteiger partial charge in [0.05, 0.1) is 15.6 Å². The van der Waals surface area contributed by atoms with Crippen LogP contribution in [0.3, 0.4) is 0 Å². The van der Waals surface area contributed by atoms with Crippen LogP contribution in [0.5, 0.6) is 0 Å². The Hall–Kier alpha value is -2.38. The third-order valence-electron chi connectivity index (χ3n) is 4.10. The number of nitro benzene ring substituents is 1. The van der Waals surface area contributed by atoms with Crippen molar-refractivity contribution in [1.29, 1.82) is 0 Å². The molecule has 2 aromatic carbocycles. The van der Waals surface area contributed by atoms with Gasteiger partial charge in [-0.3, -0.25) is 10.1 Å². The molecule has 0 amide bonds. The molecule has 8 heteroatoms. The van der Waals surface area contributed by atoms with Crippen molar-refractivity contribution in [1.82, 2.24) is 4.90 Å². The maximum absolute atomic E-state index is 11.1.